The zero-order valence-corrected chi connectivity index (χ0v) is 8.96. The standard InChI is InChI=1S/C8H12N6O3/c9-4-7(15)6(2-1-3-12-14-10)5-11-8(16)13-17/h6,17H,1-3,5H2,(H2,11,13,16). The zero-order chi connectivity index (χ0) is 13.1. The number of hydrogen-bond donors (Lipinski definition) is 3. The van der Waals surface area contributed by atoms with Gasteiger partial charge in [0.2, 0.25) is 5.78 Å². The Kier molecular flexibility index (Phi) is 7.75. The van der Waals surface area contributed by atoms with E-state index in [0.717, 1.165) is 0 Å². The van der Waals surface area contributed by atoms with Crippen LogP contribution in [0.4, 0.5) is 4.79 Å². The summed E-state index contributed by atoms with van der Waals surface area (Å²) in [5.74, 6) is -1.34. The van der Waals surface area contributed by atoms with Crippen LogP contribution in [0.3, 0.4) is 0 Å². The molecule has 0 fully saturated rings. The first-order valence-corrected chi connectivity index (χ1v) is 4.78. The molecule has 0 heterocycles. The van der Waals surface area contributed by atoms with Crippen LogP contribution in [0.2, 0.25) is 0 Å². The number of nitrogens with one attached hydrogen (secondary N) is 2. The van der Waals surface area contributed by atoms with E-state index < -0.39 is 17.7 Å². The maximum Gasteiger partial charge on any atom is 0.338 e. The fraction of sp³-hybridized carbons (Fsp3) is 0.625. The summed E-state index contributed by atoms with van der Waals surface area (Å²) in [7, 11) is 0. The molecule has 0 bridgehead atoms. The minimum absolute atomic E-state index is 0.0605. The van der Waals surface area contributed by atoms with Crippen molar-refractivity contribution in [1.82, 2.24) is 10.8 Å². The molecule has 92 valence electrons. The van der Waals surface area contributed by atoms with E-state index in [1.165, 1.54) is 11.5 Å². The van der Waals surface area contributed by atoms with E-state index >= 15 is 0 Å². The molecule has 0 saturated carbocycles. The minimum Gasteiger partial charge on any atom is -0.336 e. The lowest BCUT2D eigenvalue weighted by molar-refractivity contribution is -0.117. The van der Waals surface area contributed by atoms with Crippen LogP contribution in [0.25, 0.3) is 10.4 Å². The van der Waals surface area contributed by atoms with Gasteiger partial charge in [-0.15, -0.1) is 0 Å². The molecule has 1 atom stereocenters. The van der Waals surface area contributed by atoms with Gasteiger partial charge in [-0.1, -0.05) is 5.11 Å². The van der Waals surface area contributed by atoms with Crippen LogP contribution in [-0.2, 0) is 4.79 Å². The highest BCUT2D eigenvalue weighted by Gasteiger charge is 2.18. The number of carbonyl (C=O) groups is 2. The quantitative estimate of drug-likeness (QED) is 0.113. The van der Waals surface area contributed by atoms with Crippen LogP contribution in [0.15, 0.2) is 5.11 Å². The van der Waals surface area contributed by atoms with E-state index in [4.69, 9.17) is 16.0 Å². The van der Waals surface area contributed by atoms with Crippen molar-refractivity contribution in [2.75, 3.05) is 13.1 Å². The van der Waals surface area contributed by atoms with Gasteiger partial charge in [-0.05, 0) is 18.4 Å². The average Bonchev–Trinajstić information content (AvgIpc) is 2.36. The number of nitrogens with zero attached hydrogens (tertiary/aromatic N) is 4. The number of azide groups is 1. The van der Waals surface area contributed by atoms with E-state index in [2.05, 4.69) is 15.3 Å². The highest BCUT2D eigenvalue weighted by Crippen LogP contribution is 2.07. The van der Waals surface area contributed by atoms with Crippen molar-refractivity contribution in [1.29, 1.82) is 5.26 Å². The van der Waals surface area contributed by atoms with Crippen molar-refractivity contribution < 1.29 is 14.8 Å². The zero-order valence-electron chi connectivity index (χ0n) is 8.96. The molecule has 0 radical (unpaired) electrons. The number of Topliss-reactive ketones (excluding diaryl/α,β-unsaturated/α-hetero) is 1. The largest absolute Gasteiger partial charge is 0.338 e. The first kappa shape index (κ1) is 14.7. The van der Waals surface area contributed by atoms with Crippen molar-refractivity contribution in [2.24, 2.45) is 11.0 Å². The molecular formula is C8H12N6O3. The summed E-state index contributed by atoms with van der Waals surface area (Å²) in [4.78, 5) is 24.4. The number of urea groups is 1. The summed E-state index contributed by atoms with van der Waals surface area (Å²) in [6, 6.07) is 0.620. The third-order valence-electron chi connectivity index (χ3n) is 1.97. The van der Waals surface area contributed by atoms with Gasteiger partial charge < -0.3 is 5.32 Å². The molecule has 1 unspecified atom stereocenters. The predicted molar refractivity (Wildman–Crippen MR) is 55.7 cm³/mol. The van der Waals surface area contributed by atoms with E-state index in [1.54, 1.807) is 0 Å². The predicted octanol–water partition coefficient (Wildman–Crippen LogP) is 0.474. The summed E-state index contributed by atoms with van der Waals surface area (Å²) >= 11 is 0. The number of hydrogen-bond acceptors (Lipinski definition) is 5. The topological polar surface area (TPSA) is 151 Å². The Bertz CT molecular complexity index is 357. The van der Waals surface area contributed by atoms with Crippen LogP contribution >= 0.6 is 0 Å². The molecule has 9 nitrogen and oxygen atoms in total. The van der Waals surface area contributed by atoms with E-state index in [-0.39, 0.29) is 13.1 Å². The number of hydroxylamine groups is 1. The Morgan fingerprint density at radius 2 is 2.29 bits per heavy atom. The van der Waals surface area contributed by atoms with E-state index in [1.807, 2.05) is 0 Å². The first-order chi connectivity index (χ1) is 8.15. The van der Waals surface area contributed by atoms with Crippen molar-refractivity contribution in [3.63, 3.8) is 0 Å². The van der Waals surface area contributed by atoms with Crippen LogP contribution in [0.5, 0.6) is 0 Å². The Morgan fingerprint density at radius 1 is 1.59 bits per heavy atom. The summed E-state index contributed by atoms with van der Waals surface area (Å²) in [6.45, 7) is 0.160. The molecule has 0 aromatic carbocycles. The molecule has 0 aliphatic heterocycles. The Hall–Kier alpha value is -2.30. The van der Waals surface area contributed by atoms with Crippen LogP contribution in [0, 0.1) is 17.2 Å². The van der Waals surface area contributed by atoms with Gasteiger partial charge in [0.1, 0.15) is 6.07 Å². The van der Waals surface area contributed by atoms with Gasteiger partial charge in [0.15, 0.2) is 0 Å². The van der Waals surface area contributed by atoms with Crippen LogP contribution in [-0.4, -0.2) is 30.1 Å². The highest BCUT2D eigenvalue weighted by atomic mass is 16.5. The minimum atomic E-state index is -0.851. The van der Waals surface area contributed by atoms with Crippen LogP contribution < -0.4 is 10.8 Å². The molecule has 0 aromatic heterocycles. The summed E-state index contributed by atoms with van der Waals surface area (Å²) in [5.41, 5.74) is 9.38. The smallest absolute Gasteiger partial charge is 0.336 e. The van der Waals surface area contributed by atoms with Gasteiger partial charge >= 0.3 is 6.03 Å². The molecule has 17 heavy (non-hydrogen) atoms. The van der Waals surface area contributed by atoms with E-state index in [9.17, 15) is 9.59 Å². The second-order valence-corrected chi connectivity index (χ2v) is 3.09. The fourth-order valence-electron chi connectivity index (χ4n) is 1.13. The van der Waals surface area contributed by atoms with E-state index in [0.29, 0.717) is 12.8 Å². The third-order valence-corrected chi connectivity index (χ3v) is 1.97. The first-order valence-electron chi connectivity index (χ1n) is 4.78. The molecule has 0 aliphatic carbocycles. The molecule has 0 saturated heterocycles. The SMILES string of the molecule is N#CC(=O)C(CCCN=[N+]=[N-])CNC(=O)NO. The lowest BCUT2D eigenvalue weighted by Gasteiger charge is -2.11. The molecule has 3 N–H and O–H groups in total. The molecule has 9 heteroatoms. The number of amides is 2. The highest BCUT2D eigenvalue weighted by molar-refractivity contribution is 5.95. The fourth-order valence-corrected chi connectivity index (χ4v) is 1.13. The second kappa shape index (κ2) is 8.96. The molecule has 0 aliphatic rings. The lowest BCUT2D eigenvalue weighted by atomic mass is 9.99. The maximum atomic E-state index is 11.2. The summed E-state index contributed by atoms with van der Waals surface area (Å²) in [5, 5.41) is 22.2. The molecular weight excluding hydrogens is 228 g/mol. The Morgan fingerprint density at radius 3 is 2.82 bits per heavy atom. The third kappa shape index (κ3) is 6.72. The van der Waals surface area contributed by atoms with Gasteiger partial charge in [-0.3, -0.25) is 10.0 Å². The molecule has 0 aromatic rings. The Balaban J connectivity index is 4.15. The van der Waals surface area contributed by atoms with Gasteiger partial charge in [0, 0.05) is 23.9 Å². The molecule has 0 rings (SSSR count). The molecule has 0 spiro atoms. The van der Waals surface area contributed by atoms with Crippen LogP contribution in [0.1, 0.15) is 12.8 Å². The van der Waals surface area contributed by atoms with Gasteiger partial charge in [-0.2, -0.15) is 5.26 Å². The normalized spacial score (nSPS) is 10.6. The van der Waals surface area contributed by atoms with Gasteiger partial charge in [0.25, 0.3) is 0 Å². The van der Waals surface area contributed by atoms with Gasteiger partial charge in [-0.25, -0.2) is 10.3 Å². The van der Waals surface area contributed by atoms with Gasteiger partial charge in [0.05, 0.1) is 0 Å². The maximum absolute atomic E-state index is 11.2. The van der Waals surface area contributed by atoms with Crippen molar-refractivity contribution in [3.8, 4) is 6.07 Å². The lowest BCUT2D eigenvalue weighted by Crippen LogP contribution is -2.38. The number of ketones is 1. The monoisotopic (exact) mass is 240 g/mol. The summed E-state index contributed by atoms with van der Waals surface area (Å²) in [6.07, 6.45) is 0.752. The number of carbonyl (C=O) groups excluding carboxylic acids is 2. The number of nitriles is 1. The average molecular weight is 240 g/mol. The van der Waals surface area contributed by atoms with Crippen molar-refractivity contribution >= 4 is 11.8 Å². The number of rotatable bonds is 7. The summed E-state index contributed by atoms with van der Waals surface area (Å²) < 4.78 is 0. The molecule has 2 amide bonds. The van der Waals surface area contributed by atoms with Crippen molar-refractivity contribution in [3.05, 3.63) is 10.4 Å². The second-order valence-electron chi connectivity index (χ2n) is 3.09. The Labute approximate surface area is 97.0 Å². The van der Waals surface area contributed by atoms with Crippen molar-refractivity contribution in [2.45, 2.75) is 12.8 Å².